The molecule has 5 heteroatoms. The van der Waals surface area contributed by atoms with Crippen LogP contribution in [0.5, 0.6) is 0 Å². The summed E-state index contributed by atoms with van der Waals surface area (Å²) >= 11 is 3.53. The van der Waals surface area contributed by atoms with E-state index in [0.717, 1.165) is 67.0 Å². The summed E-state index contributed by atoms with van der Waals surface area (Å²) in [4.78, 5) is 7.02. The van der Waals surface area contributed by atoms with E-state index in [-0.39, 0.29) is 10.8 Å². The van der Waals surface area contributed by atoms with Crippen LogP contribution in [-0.2, 0) is 10.8 Å². The second-order valence-electron chi connectivity index (χ2n) is 31.5. The summed E-state index contributed by atoms with van der Waals surface area (Å²) in [6, 6.07) is 165. The van der Waals surface area contributed by atoms with Gasteiger partial charge in [-0.15, -0.1) is 0 Å². The van der Waals surface area contributed by atoms with E-state index >= 15 is 0 Å². The Morgan fingerprint density at radius 3 is 0.714 bits per heavy atom. The summed E-state index contributed by atoms with van der Waals surface area (Å²) in [7, 11) is 0. The first-order valence-electron chi connectivity index (χ1n) is 40.9. The van der Waals surface area contributed by atoms with Crippen molar-refractivity contribution in [3.8, 4) is 89.0 Å². The second-order valence-corrected chi connectivity index (χ2v) is 32.4. The maximum Gasteiger partial charge on any atom is 0.0468 e. The van der Waals surface area contributed by atoms with Crippen molar-refractivity contribution >= 4 is 78.5 Å². The third kappa shape index (κ3) is 16.1. The zero-order chi connectivity index (χ0) is 80.7. The first kappa shape index (κ1) is 76.0. The summed E-state index contributed by atoms with van der Waals surface area (Å²) in [5.41, 5.74) is 37.7. The number of para-hydroxylation sites is 2. The molecule has 1 N–H and O–H groups in total. The van der Waals surface area contributed by atoms with Gasteiger partial charge < -0.3 is 20.0 Å². The van der Waals surface area contributed by atoms with Crippen molar-refractivity contribution in [2.75, 3.05) is 20.0 Å². The number of benzene rings is 18. The van der Waals surface area contributed by atoms with E-state index in [4.69, 9.17) is 0 Å². The highest BCUT2D eigenvalue weighted by atomic mass is 79.9. The second kappa shape index (κ2) is 33.8. The molecular formula is C114H89BrN4. The molecule has 0 atom stereocenters. The summed E-state index contributed by atoms with van der Waals surface area (Å²) in [6.45, 7) is 9.28. The van der Waals surface area contributed by atoms with Gasteiger partial charge in [-0.3, -0.25) is 0 Å². The van der Waals surface area contributed by atoms with E-state index < -0.39 is 0 Å². The smallest absolute Gasteiger partial charge is 0.0468 e. The largest absolute Gasteiger partial charge is 0.356 e. The van der Waals surface area contributed by atoms with Crippen molar-refractivity contribution in [2.24, 2.45) is 0 Å². The highest BCUT2D eigenvalue weighted by molar-refractivity contribution is 9.10. The lowest BCUT2D eigenvalue weighted by molar-refractivity contribution is 0.660. The molecule has 0 fully saturated rings. The molecule has 0 unspecified atom stereocenters. The van der Waals surface area contributed by atoms with E-state index in [1.54, 1.807) is 0 Å². The van der Waals surface area contributed by atoms with Gasteiger partial charge in [0.1, 0.15) is 0 Å². The van der Waals surface area contributed by atoms with Crippen LogP contribution in [0.15, 0.2) is 466 Å². The quantitative estimate of drug-likeness (QED) is 0.0981. The molecule has 20 rings (SSSR count). The standard InChI is InChI=1S/C57H44N2.C36H26BrN.C21H19N/c1-57(2)55-21-13-12-20-53(55)54-40-52(38-39-56(54)57)59(47-18-10-5-11-19-47)51-36-28-46(29-37-51)45-26-34-50(35-27-45)58(48-30-22-43(23-31-48)41-14-6-3-7-15-41)49-32-24-44(25-33-49)42-16-8-4-9-17-42;37-33-19-11-29(12-20-33)32-17-25-36(26-18-32)38(34-21-13-30(14-22-34)27-7-3-1-4-8-27)35-23-15-31(16-24-35)28-9-5-2-6-10-28;1-21(2)19-11-7-6-10-17(19)18-14-16(12-13-20(18)21)22-15-8-4-3-5-9-15/h3-40H,1-2H3;1-26H;3-14,22H,1-2H3. The fourth-order valence-electron chi connectivity index (χ4n) is 17.0. The maximum absolute atomic E-state index is 3.53. The van der Waals surface area contributed by atoms with Crippen molar-refractivity contribution in [1.82, 2.24) is 0 Å². The molecule has 0 heterocycles. The minimum atomic E-state index is -0.0315. The fraction of sp³-hybridized carbons (Fsp3) is 0.0526. The topological polar surface area (TPSA) is 21.8 Å². The van der Waals surface area contributed by atoms with Gasteiger partial charge in [0, 0.05) is 77.9 Å². The maximum atomic E-state index is 3.53. The molecule has 4 nitrogen and oxygen atoms in total. The minimum Gasteiger partial charge on any atom is -0.356 e. The highest BCUT2D eigenvalue weighted by Gasteiger charge is 2.37. The predicted molar refractivity (Wildman–Crippen MR) is 509 cm³/mol. The van der Waals surface area contributed by atoms with Gasteiger partial charge in [0.15, 0.2) is 0 Å². The molecular weight excluding hydrogens is 1510 g/mol. The Morgan fingerprint density at radius 2 is 0.395 bits per heavy atom. The van der Waals surface area contributed by atoms with Crippen LogP contribution in [0.1, 0.15) is 49.9 Å². The average Bonchev–Trinajstić information content (AvgIpc) is 1.59. The number of fused-ring (bicyclic) bond motifs is 6. The summed E-state index contributed by atoms with van der Waals surface area (Å²) in [5, 5.41) is 3.49. The van der Waals surface area contributed by atoms with Crippen molar-refractivity contribution < 1.29 is 0 Å². The van der Waals surface area contributed by atoms with Gasteiger partial charge in [-0.05, 0) is 257 Å². The Hall–Kier alpha value is -14.4. The van der Waals surface area contributed by atoms with Gasteiger partial charge in [-0.1, -0.05) is 359 Å². The van der Waals surface area contributed by atoms with Crippen LogP contribution in [0.3, 0.4) is 0 Å². The normalized spacial score (nSPS) is 12.2. The molecule has 0 spiro atoms. The highest BCUT2D eigenvalue weighted by Crippen LogP contribution is 2.53. The Labute approximate surface area is 708 Å². The molecule has 0 aliphatic heterocycles. The van der Waals surface area contributed by atoms with E-state index in [9.17, 15) is 0 Å². The fourth-order valence-corrected chi connectivity index (χ4v) is 17.3. The summed E-state index contributed by atoms with van der Waals surface area (Å²) in [6.07, 6.45) is 0. The molecule has 0 radical (unpaired) electrons. The summed E-state index contributed by atoms with van der Waals surface area (Å²) < 4.78 is 1.09. The molecule has 0 bridgehead atoms. The van der Waals surface area contributed by atoms with Crippen molar-refractivity contribution in [3.05, 3.63) is 488 Å². The van der Waals surface area contributed by atoms with Gasteiger partial charge in [-0.25, -0.2) is 0 Å². The monoisotopic (exact) mass is 1590 g/mol. The van der Waals surface area contributed by atoms with Gasteiger partial charge in [0.05, 0.1) is 0 Å². The Morgan fingerprint density at radius 1 is 0.176 bits per heavy atom. The predicted octanol–water partition coefficient (Wildman–Crippen LogP) is 32.6. The van der Waals surface area contributed by atoms with Crippen molar-refractivity contribution in [1.29, 1.82) is 0 Å². The lowest BCUT2D eigenvalue weighted by Gasteiger charge is -2.27. The van der Waals surface area contributed by atoms with E-state index in [0.29, 0.717) is 0 Å². The minimum absolute atomic E-state index is 0.0315. The van der Waals surface area contributed by atoms with Crippen LogP contribution >= 0.6 is 15.9 Å². The van der Waals surface area contributed by atoms with Crippen LogP contribution in [0, 0.1) is 0 Å². The number of halogens is 1. The number of hydrogen-bond acceptors (Lipinski definition) is 4. The molecule has 0 aromatic heterocycles. The zero-order valence-corrected chi connectivity index (χ0v) is 68.7. The molecule has 18 aromatic rings. The third-order valence-corrected chi connectivity index (χ3v) is 23.8. The lowest BCUT2D eigenvalue weighted by atomic mass is 9.82. The first-order chi connectivity index (χ1) is 58.4. The molecule has 572 valence electrons. The Balaban J connectivity index is 0.000000138. The zero-order valence-electron chi connectivity index (χ0n) is 67.1. The number of nitrogens with zero attached hydrogens (tertiary/aromatic N) is 3. The molecule has 119 heavy (non-hydrogen) atoms. The van der Waals surface area contributed by atoms with Crippen LogP contribution in [0.25, 0.3) is 89.0 Å². The van der Waals surface area contributed by atoms with Crippen molar-refractivity contribution in [2.45, 2.75) is 38.5 Å². The average molecular weight is 1590 g/mol. The molecule has 18 aromatic carbocycles. The SMILES string of the molecule is Brc1ccc(-c2ccc(N(c3ccc(-c4ccccc4)cc3)c3ccc(-c4ccccc4)cc3)cc2)cc1.CC1(C)c2ccccc2-c2cc(N(c3ccccc3)c3ccc(-c4ccc(N(c5ccc(-c6ccccc6)cc5)c5ccc(-c6ccccc6)cc5)cc4)cc3)ccc21.CC1(C)c2ccccc2-c2cc(Nc3ccccc3)ccc21. The molecule has 2 aliphatic rings. The van der Waals surface area contributed by atoms with Crippen LogP contribution < -0.4 is 20.0 Å². The van der Waals surface area contributed by atoms with Crippen LogP contribution in [-0.4, -0.2) is 0 Å². The first-order valence-corrected chi connectivity index (χ1v) is 41.7. The van der Waals surface area contributed by atoms with Gasteiger partial charge >= 0.3 is 0 Å². The van der Waals surface area contributed by atoms with Gasteiger partial charge in [0.25, 0.3) is 0 Å². The van der Waals surface area contributed by atoms with E-state index in [2.05, 4.69) is 506 Å². The van der Waals surface area contributed by atoms with E-state index in [1.165, 1.54) is 111 Å². The third-order valence-electron chi connectivity index (χ3n) is 23.3. The van der Waals surface area contributed by atoms with Crippen molar-refractivity contribution in [3.63, 3.8) is 0 Å². The molecule has 0 saturated carbocycles. The molecule has 0 saturated heterocycles. The van der Waals surface area contributed by atoms with Gasteiger partial charge in [0.2, 0.25) is 0 Å². The number of anilines is 11. The number of rotatable bonds is 17. The number of nitrogens with one attached hydrogen (secondary N) is 1. The molecule has 2 aliphatic carbocycles. The van der Waals surface area contributed by atoms with Crippen LogP contribution in [0.2, 0.25) is 0 Å². The summed E-state index contributed by atoms with van der Waals surface area (Å²) in [5.74, 6) is 0. The lowest BCUT2D eigenvalue weighted by Crippen LogP contribution is -2.15. The Kier molecular flexibility index (Phi) is 21.6. The van der Waals surface area contributed by atoms with E-state index in [1.807, 2.05) is 18.2 Å². The molecule has 0 amide bonds. The van der Waals surface area contributed by atoms with Gasteiger partial charge in [-0.2, -0.15) is 0 Å². The Bertz CT molecular complexity index is 6300. The number of hydrogen-bond donors (Lipinski definition) is 1. The van der Waals surface area contributed by atoms with Crippen LogP contribution in [0.4, 0.5) is 62.6 Å².